The van der Waals surface area contributed by atoms with E-state index in [-0.39, 0.29) is 18.0 Å². The highest BCUT2D eigenvalue weighted by atomic mass is 16.5. The molecule has 2 aliphatic heterocycles. The Hall–Kier alpha value is -2.08. The van der Waals surface area contributed by atoms with Gasteiger partial charge >= 0.3 is 6.03 Å². The molecule has 2 N–H and O–H groups in total. The zero-order valence-corrected chi connectivity index (χ0v) is 14.1. The van der Waals surface area contributed by atoms with Crippen LogP contribution in [0.2, 0.25) is 0 Å². The van der Waals surface area contributed by atoms with Gasteiger partial charge in [0.1, 0.15) is 6.04 Å². The maximum Gasteiger partial charge on any atom is 0.322 e. The Morgan fingerprint density at radius 2 is 2.00 bits per heavy atom. The fraction of sp³-hybridized carbons (Fsp3) is 0.556. The summed E-state index contributed by atoms with van der Waals surface area (Å²) in [6.07, 6.45) is 3.71. The molecule has 0 saturated carbocycles. The van der Waals surface area contributed by atoms with Crippen LogP contribution in [0.15, 0.2) is 24.3 Å². The number of amides is 3. The number of hydrogen-bond donors (Lipinski definition) is 2. The van der Waals surface area contributed by atoms with Crippen molar-refractivity contribution >= 4 is 17.6 Å². The quantitative estimate of drug-likeness (QED) is 0.889. The predicted octanol–water partition coefficient (Wildman–Crippen LogP) is 2.29. The molecule has 3 rings (SSSR count). The van der Waals surface area contributed by atoms with E-state index in [2.05, 4.69) is 10.6 Å². The first kappa shape index (κ1) is 16.8. The molecule has 6 nitrogen and oxygen atoms in total. The van der Waals surface area contributed by atoms with E-state index in [1.54, 1.807) is 4.90 Å². The zero-order chi connectivity index (χ0) is 16.9. The van der Waals surface area contributed by atoms with Crippen molar-refractivity contribution in [2.75, 3.05) is 25.0 Å². The lowest BCUT2D eigenvalue weighted by molar-refractivity contribution is -0.125. The minimum absolute atomic E-state index is 0.0814. The van der Waals surface area contributed by atoms with Crippen molar-refractivity contribution in [3.8, 4) is 0 Å². The minimum atomic E-state index is -0.392. The van der Waals surface area contributed by atoms with Gasteiger partial charge in [-0.3, -0.25) is 4.79 Å². The van der Waals surface area contributed by atoms with Crippen LogP contribution in [0.25, 0.3) is 0 Å². The standard InChI is InChI=1S/C18H25N3O3/c1-13-6-8-14(9-7-13)20-18(23)21-10-2-5-16(21)17(22)19-12-15-4-3-11-24-15/h6-9,15-16H,2-5,10-12H2,1H3,(H,19,22)(H,20,23)/t15-,16+/m1/s1. The molecule has 0 unspecified atom stereocenters. The smallest absolute Gasteiger partial charge is 0.322 e. The molecule has 1 aromatic carbocycles. The topological polar surface area (TPSA) is 70.7 Å². The lowest BCUT2D eigenvalue weighted by Crippen LogP contribution is -2.48. The SMILES string of the molecule is Cc1ccc(NC(=O)N2CCC[C@H]2C(=O)NC[C@H]2CCCO2)cc1. The van der Waals surface area contributed by atoms with E-state index in [1.807, 2.05) is 31.2 Å². The van der Waals surface area contributed by atoms with Gasteiger partial charge in [0.05, 0.1) is 6.10 Å². The number of hydrogen-bond acceptors (Lipinski definition) is 3. The average molecular weight is 331 g/mol. The highest BCUT2D eigenvalue weighted by Gasteiger charge is 2.34. The van der Waals surface area contributed by atoms with E-state index < -0.39 is 6.04 Å². The van der Waals surface area contributed by atoms with Gasteiger partial charge in [-0.25, -0.2) is 4.79 Å². The molecule has 2 aliphatic rings. The Morgan fingerprint density at radius 3 is 2.71 bits per heavy atom. The summed E-state index contributed by atoms with van der Waals surface area (Å²) in [6.45, 7) is 3.91. The number of nitrogens with zero attached hydrogens (tertiary/aromatic N) is 1. The molecular weight excluding hydrogens is 306 g/mol. The third-order valence-electron chi connectivity index (χ3n) is 4.65. The van der Waals surface area contributed by atoms with E-state index in [0.29, 0.717) is 19.5 Å². The molecule has 24 heavy (non-hydrogen) atoms. The van der Waals surface area contributed by atoms with Crippen LogP contribution in [0, 0.1) is 6.92 Å². The maximum absolute atomic E-state index is 12.5. The molecule has 6 heteroatoms. The lowest BCUT2D eigenvalue weighted by Gasteiger charge is -2.24. The van der Waals surface area contributed by atoms with Crippen LogP contribution in [0.1, 0.15) is 31.2 Å². The number of nitrogens with one attached hydrogen (secondary N) is 2. The number of carbonyl (C=O) groups is 2. The summed E-state index contributed by atoms with van der Waals surface area (Å²) in [7, 11) is 0. The van der Waals surface area contributed by atoms with Crippen LogP contribution >= 0.6 is 0 Å². The van der Waals surface area contributed by atoms with Crippen LogP contribution in [-0.4, -0.2) is 48.7 Å². The van der Waals surface area contributed by atoms with Crippen molar-refractivity contribution < 1.29 is 14.3 Å². The number of anilines is 1. The normalized spacial score (nSPS) is 23.3. The first-order chi connectivity index (χ1) is 11.6. The highest BCUT2D eigenvalue weighted by molar-refractivity contribution is 5.94. The second-order valence-electron chi connectivity index (χ2n) is 6.53. The Labute approximate surface area is 142 Å². The molecule has 2 fully saturated rings. The molecule has 0 spiro atoms. The van der Waals surface area contributed by atoms with E-state index in [4.69, 9.17) is 4.74 Å². The van der Waals surface area contributed by atoms with Crippen molar-refractivity contribution in [3.63, 3.8) is 0 Å². The summed E-state index contributed by atoms with van der Waals surface area (Å²) >= 11 is 0. The molecule has 0 radical (unpaired) electrons. The Balaban J connectivity index is 1.54. The van der Waals surface area contributed by atoms with E-state index in [1.165, 1.54) is 0 Å². The molecule has 3 amide bonds. The van der Waals surface area contributed by atoms with Crippen molar-refractivity contribution in [3.05, 3.63) is 29.8 Å². The third kappa shape index (κ3) is 4.06. The number of carbonyl (C=O) groups excluding carboxylic acids is 2. The average Bonchev–Trinajstić information content (AvgIpc) is 3.26. The monoisotopic (exact) mass is 331 g/mol. The largest absolute Gasteiger partial charge is 0.376 e. The molecule has 2 saturated heterocycles. The number of likely N-dealkylation sites (tertiary alicyclic amines) is 1. The van der Waals surface area contributed by atoms with Gasteiger partial charge in [-0.1, -0.05) is 17.7 Å². The lowest BCUT2D eigenvalue weighted by atomic mass is 10.2. The molecule has 2 heterocycles. The molecule has 2 atom stereocenters. The minimum Gasteiger partial charge on any atom is -0.376 e. The van der Waals surface area contributed by atoms with Crippen LogP contribution in [0.5, 0.6) is 0 Å². The summed E-state index contributed by atoms with van der Waals surface area (Å²) in [6, 6.07) is 7.04. The molecule has 1 aromatic rings. The number of benzene rings is 1. The molecule has 0 bridgehead atoms. The Bertz CT molecular complexity index is 582. The maximum atomic E-state index is 12.5. The van der Waals surface area contributed by atoms with E-state index in [9.17, 15) is 9.59 Å². The molecular formula is C18H25N3O3. The van der Waals surface area contributed by atoms with Gasteiger partial charge in [-0.2, -0.15) is 0 Å². The van der Waals surface area contributed by atoms with Gasteiger partial charge < -0.3 is 20.3 Å². The molecule has 0 aliphatic carbocycles. The number of ether oxygens (including phenoxy) is 1. The van der Waals surface area contributed by atoms with Gasteiger partial charge in [-0.05, 0) is 44.7 Å². The van der Waals surface area contributed by atoms with Gasteiger partial charge in [0.15, 0.2) is 0 Å². The summed E-state index contributed by atoms with van der Waals surface area (Å²) in [4.78, 5) is 26.5. The first-order valence-corrected chi connectivity index (χ1v) is 8.67. The fourth-order valence-corrected chi connectivity index (χ4v) is 3.25. The van der Waals surface area contributed by atoms with Crippen molar-refractivity contribution in [1.82, 2.24) is 10.2 Å². The second kappa shape index (κ2) is 7.66. The zero-order valence-electron chi connectivity index (χ0n) is 14.1. The van der Waals surface area contributed by atoms with Crippen molar-refractivity contribution in [1.29, 1.82) is 0 Å². The van der Waals surface area contributed by atoms with E-state index in [0.717, 1.165) is 37.1 Å². The molecule has 130 valence electrons. The summed E-state index contributed by atoms with van der Waals surface area (Å²) in [5.41, 5.74) is 1.89. The summed E-state index contributed by atoms with van der Waals surface area (Å²) in [5.74, 6) is -0.0814. The van der Waals surface area contributed by atoms with Crippen LogP contribution in [-0.2, 0) is 9.53 Å². The van der Waals surface area contributed by atoms with Gasteiger partial charge in [0.2, 0.25) is 5.91 Å². The van der Waals surface area contributed by atoms with Gasteiger partial charge in [0.25, 0.3) is 0 Å². The fourth-order valence-electron chi connectivity index (χ4n) is 3.25. The van der Waals surface area contributed by atoms with Gasteiger partial charge in [0, 0.05) is 25.4 Å². The summed E-state index contributed by atoms with van der Waals surface area (Å²) < 4.78 is 5.52. The number of rotatable bonds is 4. The Kier molecular flexibility index (Phi) is 5.35. The van der Waals surface area contributed by atoms with Crippen LogP contribution < -0.4 is 10.6 Å². The van der Waals surface area contributed by atoms with Crippen LogP contribution in [0.3, 0.4) is 0 Å². The summed E-state index contributed by atoms with van der Waals surface area (Å²) in [5, 5.41) is 5.81. The van der Waals surface area contributed by atoms with Crippen LogP contribution in [0.4, 0.5) is 10.5 Å². The van der Waals surface area contributed by atoms with E-state index >= 15 is 0 Å². The number of aryl methyl sites for hydroxylation is 1. The Morgan fingerprint density at radius 1 is 1.21 bits per heavy atom. The number of urea groups is 1. The second-order valence-corrected chi connectivity index (χ2v) is 6.53. The van der Waals surface area contributed by atoms with Gasteiger partial charge in [-0.15, -0.1) is 0 Å². The van der Waals surface area contributed by atoms with Crippen molar-refractivity contribution in [2.45, 2.75) is 44.8 Å². The first-order valence-electron chi connectivity index (χ1n) is 8.67. The third-order valence-corrected chi connectivity index (χ3v) is 4.65. The predicted molar refractivity (Wildman–Crippen MR) is 91.9 cm³/mol. The highest BCUT2D eigenvalue weighted by Crippen LogP contribution is 2.20. The molecule has 0 aromatic heterocycles. The van der Waals surface area contributed by atoms with Crippen molar-refractivity contribution in [2.24, 2.45) is 0 Å².